The summed E-state index contributed by atoms with van der Waals surface area (Å²) in [5.41, 5.74) is 5.26. The van der Waals surface area contributed by atoms with Gasteiger partial charge in [0.2, 0.25) is 5.91 Å². The third kappa shape index (κ3) is 4.71. The highest BCUT2D eigenvalue weighted by Gasteiger charge is 2.16. The second-order valence-corrected chi connectivity index (χ2v) is 6.17. The van der Waals surface area contributed by atoms with E-state index < -0.39 is 0 Å². The Morgan fingerprint density at radius 3 is 2.72 bits per heavy atom. The minimum Gasteiger partial charge on any atom is -0.352 e. The number of hydrogen-bond donors (Lipinski definition) is 2. The topological polar surface area (TPSA) is 59.0 Å². The Kier molecular flexibility index (Phi) is 6.79. The molecule has 0 atom stereocenters. The van der Waals surface area contributed by atoms with Crippen molar-refractivity contribution in [1.29, 1.82) is 0 Å². The molecule has 2 heterocycles. The smallest absolute Gasteiger partial charge is 0.224 e. The van der Waals surface area contributed by atoms with E-state index in [1.54, 1.807) is 0 Å². The van der Waals surface area contributed by atoms with Crippen LogP contribution in [0.15, 0.2) is 42.0 Å². The van der Waals surface area contributed by atoms with Crippen molar-refractivity contribution in [2.24, 2.45) is 0 Å². The van der Waals surface area contributed by atoms with E-state index in [2.05, 4.69) is 21.8 Å². The van der Waals surface area contributed by atoms with Gasteiger partial charge in [0.25, 0.3) is 0 Å². The van der Waals surface area contributed by atoms with Crippen LogP contribution in [0.3, 0.4) is 0 Å². The summed E-state index contributed by atoms with van der Waals surface area (Å²) in [5.74, 6) is 0.0493. The van der Waals surface area contributed by atoms with Crippen molar-refractivity contribution in [3.05, 3.63) is 58.9 Å². The molecule has 6 heteroatoms. The number of nitrogens with zero attached hydrogens (tertiary/aromatic N) is 2. The predicted molar refractivity (Wildman–Crippen MR) is 103 cm³/mol. The third-order valence-electron chi connectivity index (χ3n) is 4.45. The number of aromatic nitrogens is 2. The van der Waals surface area contributed by atoms with Gasteiger partial charge in [-0.1, -0.05) is 29.8 Å². The Morgan fingerprint density at radius 2 is 2.04 bits per heavy atom. The lowest BCUT2D eigenvalue weighted by Crippen LogP contribution is -2.30. The number of para-hydroxylation sites is 1. The zero-order valence-corrected chi connectivity index (χ0v) is 15.5. The Bertz CT molecular complexity index is 752. The van der Waals surface area contributed by atoms with Gasteiger partial charge in [-0.2, -0.15) is 5.10 Å². The number of benzene rings is 1. The van der Waals surface area contributed by atoms with Crippen LogP contribution in [-0.2, 0) is 11.2 Å². The minimum absolute atomic E-state index is 0. The fourth-order valence-corrected chi connectivity index (χ4v) is 3.02. The van der Waals surface area contributed by atoms with Crippen LogP contribution in [0, 0.1) is 13.8 Å². The van der Waals surface area contributed by atoms with Crippen LogP contribution in [0.4, 0.5) is 0 Å². The molecule has 1 aliphatic rings. The molecule has 134 valence electrons. The van der Waals surface area contributed by atoms with Crippen molar-refractivity contribution in [3.8, 4) is 5.69 Å². The molecule has 2 N–H and O–H groups in total. The molecule has 3 rings (SSSR count). The van der Waals surface area contributed by atoms with Gasteiger partial charge in [0.05, 0.1) is 17.8 Å². The normalized spacial score (nSPS) is 13.8. The summed E-state index contributed by atoms with van der Waals surface area (Å²) in [4.78, 5) is 12.3. The van der Waals surface area contributed by atoms with Crippen LogP contribution in [0.5, 0.6) is 0 Å². The van der Waals surface area contributed by atoms with E-state index in [1.807, 2.05) is 48.9 Å². The van der Waals surface area contributed by atoms with Crippen LogP contribution in [0.1, 0.15) is 23.4 Å². The van der Waals surface area contributed by atoms with Crippen molar-refractivity contribution in [2.45, 2.75) is 26.7 Å². The summed E-state index contributed by atoms with van der Waals surface area (Å²) >= 11 is 0. The summed E-state index contributed by atoms with van der Waals surface area (Å²) < 4.78 is 1.91. The number of amides is 1. The second-order valence-electron chi connectivity index (χ2n) is 6.17. The molecule has 0 spiro atoms. The average Bonchev–Trinajstić information content (AvgIpc) is 2.90. The van der Waals surface area contributed by atoms with E-state index in [-0.39, 0.29) is 18.3 Å². The molecule has 5 nitrogen and oxygen atoms in total. The van der Waals surface area contributed by atoms with Gasteiger partial charge in [0, 0.05) is 24.3 Å². The number of hydrogen-bond acceptors (Lipinski definition) is 3. The van der Waals surface area contributed by atoms with E-state index in [4.69, 9.17) is 0 Å². The Morgan fingerprint density at radius 1 is 1.28 bits per heavy atom. The quantitative estimate of drug-likeness (QED) is 0.805. The summed E-state index contributed by atoms with van der Waals surface area (Å²) in [7, 11) is 0. The largest absolute Gasteiger partial charge is 0.352 e. The van der Waals surface area contributed by atoms with Crippen molar-refractivity contribution in [2.75, 3.05) is 19.6 Å². The van der Waals surface area contributed by atoms with Crippen molar-refractivity contribution in [1.82, 2.24) is 20.4 Å². The summed E-state index contributed by atoms with van der Waals surface area (Å²) in [6.45, 7) is 6.51. The van der Waals surface area contributed by atoms with Gasteiger partial charge in [-0.3, -0.25) is 4.79 Å². The Labute approximate surface area is 154 Å². The van der Waals surface area contributed by atoms with Crippen LogP contribution >= 0.6 is 12.4 Å². The predicted octanol–water partition coefficient (Wildman–Crippen LogP) is 2.49. The van der Waals surface area contributed by atoms with Crippen molar-refractivity contribution < 1.29 is 4.79 Å². The maximum atomic E-state index is 12.3. The maximum absolute atomic E-state index is 12.3. The molecular weight excluding hydrogens is 336 g/mol. The average molecular weight is 361 g/mol. The number of carbonyl (C=O) groups is 1. The molecule has 1 aromatic heterocycles. The van der Waals surface area contributed by atoms with Crippen molar-refractivity contribution in [3.63, 3.8) is 0 Å². The standard InChI is InChI=1S/C19H24N4O.ClH/c1-14-18(12-19(24)21-13-16-8-10-20-11-9-16)15(2)23(22-14)17-6-4-3-5-7-17;/h3-8,20H,9-13H2,1-2H3,(H,21,24);1H. The van der Waals surface area contributed by atoms with E-state index in [0.717, 1.165) is 42.1 Å². The lowest BCUT2D eigenvalue weighted by Gasteiger charge is -2.14. The molecule has 25 heavy (non-hydrogen) atoms. The van der Waals surface area contributed by atoms with E-state index >= 15 is 0 Å². The highest BCUT2D eigenvalue weighted by Crippen LogP contribution is 2.18. The molecule has 0 unspecified atom stereocenters. The van der Waals surface area contributed by atoms with Crippen LogP contribution < -0.4 is 10.6 Å². The SMILES string of the molecule is Cc1nn(-c2ccccc2)c(C)c1CC(=O)NCC1=CCNCC1.Cl. The maximum Gasteiger partial charge on any atom is 0.224 e. The van der Waals surface area contributed by atoms with Crippen molar-refractivity contribution >= 4 is 18.3 Å². The fraction of sp³-hybridized carbons (Fsp3) is 0.368. The highest BCUT2D eigenvalue weighted by atomic mass is 35.5. The second kappa shape index (κ2) is 8.83. The molecule has 2 aromatic rings. The number of aryl methyl sites for hydroxylation is 1. The molecule has 0 saturated heterocycles. The van der Waals surface area contributed by atoms with E-state index in [0.29, 0.717) is 13.0 Å². The van der Waals surface area contributed by atoms with Crippen LogP contribution in [0.2, 0.25) is 0 Å². The zero-order chi connectivity index (χ0) is 16.9. The summed E-state index contributed by atoms with van der Waals surface area (Å²) in [5, 5.41) is 10.9. The first-order chi connectivity index (χ1) is 11.6. The number of carbonyl (C=O) groups excluding carboxylic acids is 1. The number of halogens is 1. The van der Waals surface area contributed by atoms with Gasteiger partial charge < -0.3 is 10.6 Å². The monoisotopic (exact) mass is 360 g/mol. The van der Waals surface area contributed by atoms with Gasteiger partial charge in [0.15, 0.2) is 0 Å². The molecule has 1 amide bonds. The molecular formula is C19H25ClN4O. The number of rotatable bonds is 5. The lowest BCUT2D eigenvalue weighted by atomic mass is 10.1. The van der Waals surface area contributed by atoms with Crippen LogP contribution in [-0.4, -0.2) is 35.3 Å². The van der Waals surface area contributed by atoms with Gasteiger partial charge in [-0.15, -0.1) is 12.4 Å². The third-order valence-corrected chi connectivity index (χ3v) is 4.45. The molecule has 0 radical (unpaired) electrons. The van der Waals surface area contributed by atoms with E-state index in [9.17, 15) is 4.79 Å². The molecule has 0 bridgehead atoms. The Hall–Kier alpha value is -2.11. The zero-order valence-electron chi connectivity index (χ0n) is 14.7. The fourth-order valence-electron chi connectivity index (χ4n) is 3.02. The Balaban J connectivity index is 0.00000225. The lowest BCUT2D eigenvalue weighted by molar-refractivity contribution is -0.120. The highest BCUT2D eigenvalue weighted by molar-refractivity contribution is 5.85. The van der Waals surface area contributed by atoms with Gasteiger partial charge in [-0.25, -0.2) is 4.68 Å². The molecule has 1 aliphatic heterocycles. The van der Waals surface area contributed by atoms with E-state index in [1.165, 1.54) is 5.57 Å². The molecule has 0 aliphatic carbocycles. The molecule has 0 fully saturated rings. The molecule has 1 aromatic carbocycles. The first-order valence-electron chi connectivity index (χ1n) is 8.41. The van der Waals surface area contributed by atoms with Gasteiger partial charge in [0.1, 0.15) is 0 Å². The van der Waals surface area contributed by atoms with Crippen LogP contribution in [0.25, 0.3) is 5.69 Å². The first kappa shape index (κ1) is 19.2. The molecule has 0 saturated carbocycles. The first-order valence-corrected chi connectivity index (χ1v) is 8.41. The summed E-state index contributed by atoms with van der Waals surface area (Å²) in [6, 6.07) is 10.0. The summed E-state index contributed by atoms with van der Waals surface area (Å²) in [6.07, 6.45) is 3.54. The minimum atomic E-state index is 0. The van der Waals surface area contributed by atoms with Gasteiger partial charge >= 0.3 is 0 Å². The number of nitrogens with one attached hydrogen (secondary N) is 2. The van der Waals surface area contributed by atoms with Gasteiger partial charge in [-0.05, 0) is 38.9 Å².